The summed E-state index contributed by atoms with van der Waals surface area (Å²) < 4.78 is 0. The molecule has 0 spiro atoms. The summed E-state index contributed by atoms with van der Waals surface area (Å²) in [7, 11) is 0. The number of benzene rings is 1. The Kier molecular flexibility index (Phi) is 0.995. The van der Waals surface area contributed by atoms with Crippen LogP contribution in [0.1, 0.15) is 17.2 Å². The van der Waals surface area contributed by atoms with Gasteiger partial charge in [0.25, 0.3) is 0 Å². The van der Waals surface area contributed by atoms with Gasteiger partial charge in [-0.15, -0.1) is 0 Å². The maximum absolute atomic E-state index is 9.03. The quantitative estimate of drug-likeness (QED) is 0.556. The van der Waals surface area contributed by atoms with Crippen molar-refractivity contribution in [1.82, 2.24) is 0 Å². The zero-order valence-electron chi connectivity index (χ0n) is 5.54. The molecule has 2 rings (SSSR count). The van der Waals surface area contributed by atoms with Gasteiger partial charge in [-0.25, -0.2) is 0 Å². The number of phenolic OH excluding ortho intramolecular Hbond substituents is 1. The molecule has 3 N–H and O–H groups in total. The zero-order valence-corrected chi connectivity index (χ0v) is 5.54. The number of phenols is 1. The third kappa shape index (κ3) is 0.625. The lowest BCUT2D eigenvalue weighted by molar-refractivity contribution is 0.470. The normalized spacial score (nSPS) is 21.5. The molecule has 0 heterocycles. The molecule has 2 heteroatoms. The molecule has 0 amide bonds. The van der Waals surface area contributed by atoms with Crippen LogP contribution in [0.15, 0.2) is 18.2 Å². The van der Waals surface area contributed by atoms with E-state index in [1.54, 1.807) is 12.1 Å². The van der Waals surface area contributed by atoms with E-state index in [1.807, 2.05) is 6.07 Å². The molecule has 1 aliphatic rings. The van der Waals surface area contributed by atoms with Crippen molar-refractivity contribution in [3.8, 4) is 5.75 Å². The smallest absolute Gasteiger partial charge is 0.115 e. The monoisotopic (exact) mass is 135 g/mol. The predicted octanol–water partition coefficient (Wildman–Crippen LogP) is 0.948. The summed E-state index contributed by atoms with van der Waals surface area (Å²) in [4.78, 5) is 0. The number of hydrogen-bond acceptors (Lipinski definition) is 2. The lowest BCUT2D eigenvalue weighted by atomic mass is 9.84. The molecular weight excluding hydrogens is 126 g/mol. The molecule has 52 valence electrons. The van der Waals surface area contributed by atoms with Gasteiger partial charge in [-0.05, 0) is 29.7 Å². The standard InChI is InChI=1S/C8H9NO/c9-8-3-5-1-2-6(10)4-7(5)8/h1-2,4,8,10H,3,9H2. The molecule has 10 heavy (non-hydrogen) atoms. The Labute approximate surface area is 59.3 Å². The van der Waals surface area contributed by atoms with Gasteiger partial charge in [-0.3, -0.25) is 0 Å². The Bertz CT molecular complexity index is 270. The molecule has 1 aromatic rings. The minimum absolute atomic E-state index is 0.155. The van der Waals surface area contributed by atoms with Crippen LogP contribution < -0.4 is 5.73 Å². The van der Waals surface area contributed by atoms with Crippen LogP contribution in [-0.2, 0) is 6.42 Å². The van der Waals surface area contributed by atoms with E-state index in [9.17, 15) is 0 Å². The first kappa shape index (κ1) is 5.74. The molecular formula is C8H9NO. The van der Waals surface area contributed by atoms with Crippen LogP contribution in [-0.4, -0.2) is 5.11 Å². The summed E-state index contributed by atoms with van der Waals surface area (Å²) in [5.41, 5.74) is 8.01. The van der Waals surface area contributed by atoms with E-state index in [1.165, 1.54) is 5.56 Å². The lowest BCUT2D eigenvalue weighted by Crippen LogP contribution is -2.24. The van der Waals surface area contributed by atoms with Crippen LogP contribution in [0.2, 0.25) is 0 Å². The van der Waals surface area contributed by atoms with Crippen LogP contribution in [0.4, 0.5) is 0 Å². The minimum atomic E-state index is 0.155. The van der Waals surface area contributed by atoms with Gasteiger partial charge in [0.1, 0.15) is 5.75 Å². The molecule has 0 bridgehead atoms. The molecule has 1 aromatic carbocycles. The van der Waals surface area contributed by atoms with Crippen molar-refractivity contribution in [1.29, 1.82) is 0 Å². The van der Waals surface area contributed by atoms with Crippen molar-refractivity contribution < 1.29 is 5.11 Å². The van der Waals surface area contributed by atoms with Crippen LogP contribution in [0.3, 0.4) is 0 Å². The highest BCUT2D eigenvalue weighted by Crippen LogP contribution is 2.33. The first-order valence-corrected chi connectivity index (χ1v) is 3.35. The van der Waals surface area contributed by atoms with Crippen LogP contribution in [0.25, 0.3) is 0 Å². The lowest BCUT2D eigenvalue weighted by Gasteiger charge is -2.26. The van der Waals surface area contributed by atoms with Crippen molar-refractivity contribution in [3.63, 3.8) is 0 Å². The van der Waals surface area contributed by atoms with Gasteiger partial charge in [0.2, 0.25) is 0 Å². The average molecular weight is 135 g/mol. The topological polar surface area (TPSA) is 46.2 Å². The number of rotatable bonds is 0. The molecule has 2 nitrogen and oxygen atoms in total. The summed E-state index contributed by atoms with van der Waals surface area (Å²) in [6.45, 7) is 0. The molecule has 0 fully saturated rings. The summed E-state index contributed by atoms with van der Waals surface area (Å²) in [6.07, 6.45) is 0.954. The van der Waals surface area contributed by atoms with E-state index in [-0.39, 0.29) is 6.04 Å². The van der Waals surface area contributed by atoms with Crippen molar-refractivity contribution in [3.05, 3.63) is 29.3 Å². The largest absolute Gasteiger partial charge is 0.508 e. The fourth-order valence-electron chi connectivity index (χ4n) is 1.33. The van der Waals surface area contributed by atoms with Gasteiger partial charge >= 0.3 is 0 Å². The molecule has 1 unspecified atom stereocenters. The fraction of sp³-hybridized carbons (Fsp3) is 0.250. The van der Waals surface area contributed by atoms with E-state index in [0.717, 1.165) is 12.0 Å². The molecule has 0 saturated heterocycles. The Morgan fingerprint density at radius 3 is 2.90 bits per heavy atom. The highest BCUT2D eigenvalue weighted by molar-refractivity contribution is 5.43. The SMILES string of the molecule is NC1Cc2ccc(O)cc21. The molecule has 0 saturated carbocycles. The third-order valence-corrected chi connectivity index (χ3v) is 1.97. The maximum atomic E-state index is 9.03. The maximum Gasteiger partial charge on any atom is 0.115 e. The summed E-state index contributed by atoms with van der Waals surface area (Å²) in [5, 5.41) is 9.03. The fourth-order valence-corrected chi connectivity index (χ4v) is 1.33. The van der Waals surface area contributed by atoms with Gasteiger partial charge in [0.15, 0.2) is 0 Å². The number of hydrogen-bond donors (Lipinski definition) is 2. The Hall–Kier alpha value is -1.02. The molecule has 0 radical (unpaired) electrons. The molecule has 0 aliphatic heterocycles. The van der Waals surface area contributed by atoms with Crippen molar-refractivity contribution in [2.75, 3.05) is 0 Å². The van der Waals surface area contributed by atoms with Crippen LogP contribution in [0, 0.1) is 0 Å². The average Bonchev–Trinajstić information content (AvgIpc) is 1.92. The zero-order chi connectivity index (χ0) is 7.14. The Morgan fingerprint density at radius 1 is 1.50 bits per heavy atom. The number of nitrogens with two attached hydrogens (primary N) is 1. The van der Waals surface area contributed by atoms with Crippen molar-refractivity contribution in [2.24, 2.45) is 5.73 Å². The number of aromatic hydroxyl groups is 1. The molecule has 0 aromatic heterocycles. The second kappa shape index (κ2) is 1.73. The van der Waals surface area contributed by atoms with Gasteiger partial charge < -0.3 is 10.8 Å². The minimum Gasteiger partial charge on any atom is -0.508 e. The third-order valence-electron chi connectivity index (χ3n) is 1.97. The summed E-state index contributed by atoms with van der Waals surface area (Å²) >= 11 is 0. The highest BCUT2D eigenvalue weighted by Gasteiger charge is 2.21. The number of fused-ring (bicyclic) bond motifs is 1. The van der Waals surface area contributed by atoms with Gasteiger partial charge in [-0.1, -0.05) is 6.07 Å². The van der Waals surface area contributed by atoms with Crippen LogP contribution >= 0.6 is 0 Å². The van der Waals surface area contributed by atoms with E-state index in [0.29, 0.717) is 5.75 Å². The van der Waals surface area contributed by atoms with Crippen LogP contribution in [0.5, 0.6) is 5.75 Å². The molecule has 1 atom stereocenters. The van der Waals surface area contributed by atoms with E-state index in [2.05, 4.69) is 0 Å². The Morgan fingerprint density at radius 2 is 2.30 bits per heavy atom. The first-order chi connectivity index (χ1) is 4.77. The van der Waals surface area contributed by atoms with E-state index >= 15 is 0 Å². The second-order valence-electron chi connectivity index (χ2n) is 2.69. The van der Waals surface area contributed by atoms with E-state index < -0.39 is 0 Å². The highest BCUT2D eigenvalue weighted by atomic mass is 16.3. The van der Waals surface area contributed by atoms with Gasteiger partial charge in [0.05, 0.1) is 0 Å². The van der Waals surface area contributed by atoms with Crippen molar-refractivity contribution >= 4 is 0 Å². The predicted molar refractivity (Wildman–Crippen MR) is 38.7 cm³/mol. The van der Waals surface area contributed by atoms with Gasteiger partial charge in [-0.2, -0.15) is 0 Å². The van der Waals surface area contributed by atoms with Crippen molar-refractivity contribution in [2.45, 2.75) is 12.5 Å². The second-order valence-corrected chi connectivity index (χ2v) is 2.69. The first-order valence-electron chi connectivity index (χ1n) is 3.35. The summed E-state index contributed by atoms with van der Waals surface area (Å²) in [5.74, 6) is 0.314. The summed E-state index contributed by atoms with van der Waals surface area (Å²) in [6, 6.07) is 5.52. The Balaban J connectivity index is 2.51. The van der Waals surface area contributed by atoms with E-state index in [4.69, 9.17) is 10.8 Å². The molecule has 1 aliphatic carbocycles. The van der Waals surface area contributed by atoms with Gasteiger partial charge in [0, 0.05) is 6.04 Å².